The summed E-state index contributed by atoms with van der Waals surface area (Å²) in [6.07, 6.45) is 6.10. The summed E-state index contributed by atoms with van der Waals surface area (Å²) in [6, 6.07) is 16.9. The van der Waals surface area contributed by atoms with E-state index in [4.69, 9.17) is 4.74 Å². The summed E-state index contributed by atoms with van der Waals surface area (Å²) < 4.78 is 5.27. The predicted molar refractivity (Wildman–Crippen MR) is 127 cm³/mol. The maximum absolute atomic E-state index is 12.4. The van der Waals surface area contributed by atoms with Crippen LogP contribution in [0.15, 0.2) is 66.0 Å². The number of rotatable bonds is 7. The molecule has 0 spiro atoms. The van der Waals surface area contributed by atoms with Crippen LogP contribution in [0.25, 0.3) is 0 Å². The molecule has 3 heterocycles. The quantitative estimate of drug-likeness (QED) is 0.607. The third-order valence-corrected chi connectivity index (χ3v) is 6.52. The second kappa shape index (κ2) is 9.15. The van der Waals surface area contributed by atoms with Crippen molar-refractivity contribution in [3.05, 3.63) is 77.6 Å². The van der Waals surface area contributed by atoms with Gasteiger partial charge in [0.25, 0.3) is 0 Å². The minimum atomic E-state index is 0.0337. The number of hydrazine groups is 1. The van der Waals surface area contributed by atoms with Gasteiger partial charge in [-0.05, 0) is 36.6 Å². The fourth-order valence-electron chi connectivity index (χ4n) is 4.59. The molecule has 3 N–H and O–H groups in total. The predicted octanol–water partition coefficient (Wildman–Crippen LogP) is 2.75. The van der Waals surface area contributed by atoms with Gasteiger partial charge < -0.3 is 20.0 Å². The van der Waals surface area contributed by atoms with Crippen LogP contribution < -0.4 is 20.9 Å². The molecule has 3 aliphatic rings. The van der Waals surface area contributed by atoms with Crippen LogP contribution in [0.1, 0.15) is 42.0 Å². The molecule has 2 aromatic rings. The van der Waals surface area contributed by atoms with E-state index in [2.05, 4.69) is 68.6 Å². The lowest BCUT2D eigenvalue weighted by Gasteiger charge is -2.37. The Labute approximate surface area is 194 Å². The zero-order chi connectivity index (χ0) is 22.8. The Kier molecular flexibility index (Phi) is 5.92. The molecule has 0 aromatic heterocycles. The number of amides is 1. The number of nitrogens with zero attached hydrogens (tertiary/aromatic N) is 3. The van der Waals surface area contributed by atoms with Gasteiger partial charge in [-0.1, -0.05) is 42.0 Å². The van der Waals surface area contributed by atoms with E-state index in [0.29, 0.717) is 19.4 Å². The van der Waals surface area contributed by atoms with Gasteiger partial charge in [0.05, 0.1) is 19.2 Å². The van der Waals surface area contributed by atoms with E-state index in [1.165, 1.54) is 11.1 Å². The van der Waals surface area contributed by atoms with Crippen molar-refractivity contribution in [1.82, 2.24) is 26.1 Å². The van der Waals surface area contributed by atoms with Crippen molar-refractivity contribution in [2.75, 3.05) is 7.11 Å². The molecule has 1 amide bonds. The van der Waals surface area contributed by atoms with Crippen molar-refractivity contribution in [3.8, 4) is 5.75 Å². The number of fused-ring (bicyclic) bond motifs is 3. The van der Waals surface area contributed by atoms with E-state index in [1.54, 1.807) is 7.11 Å². The lowest BCUT2D eigenvalue weighted by atomic mass is 9.99. The van der Waals surface area contributed by atoms with Crippen molar-refractivity contribution in [2.24, 2.45) is 5.10 Å². The number of ether oxygens (including phenoxy) is 1. The first-order valence-electron chi connectivity index (χ1n) is 11.4. The number of hydrogen-bond acceptors (Lipinski definition) is 7. The van der Waals surface area contributed by atoms with Crippen LogP contribution in [0.4, 0.5) is 0 Å². The standard InChI is InChI=1S/C25H30N6O2/c1-17-3-5-18(6-4-17)16-26-24(32)12-11-23-27-28-25-22-15-21(29-31(22)14-13-30(23)25)19-7-9-20(33-2)10-8-19/h3-10,13-14,21-22,25,28-29H,11-12,15-16H2,1-2H3,(H,26,32). The third kappa shape index (κ3) is 4.52. The van der Waals surface area contributed by atoms with E-state index >= 15 is 0 Å². The lowest BCUT2D eigenvalue weighted by molar-refractivity contribution is -0.121. The Hall–Kier alpha value is -3.52. The molecule has 3 unspecified atom stereocenters. The first kappa shape index (κ1) is 21.3. The van der Waals surface area contributed by atoms with Gasteiger partial charge in [0.2, 0.25) is 5.91 Å². The minimum Gasteiger partial charge on any atom is -0.497 e. The van der Waals surface area contributed by atoms with Gasteiger partial charge in [-0.15, -0.1) is 0 Å². The Morgan fingerprint density at radius 3 is 2.70 bits per heavy atom. The average Bonchev–Trinajstić information content (AvgIpc) is 3.46. The van der Waals surface area contributed by atoms with E-state index in [9.17, 15) is 4.79 Å². The number of hydrogen-bond donors (Lipinski definition) is 3. The molecule has 3 aliphatic heterocycles. The SMILES string of the molecule is COc1ccc(C2CC3C4NN=C(CCC(=O)NCc5ccc(C)cc5)N4C=CN3N2)cc1. The van der Waals surface area contributed by atoms with Crippen molar-refractivity contribution < 1.29 is 9.53 Å². The highest BCUT2D eigenvalue weighted by Gasteiger charge is 2.44. The number of nitrogens with one attached hydrogen (secondary N) is 3. The van der Waals surface area contributed by atoms with Crippen LogP contribution >= 0.6 is 0 Å². The Bertz CT molecular complexity index is 1050. The summed E-state index contributed by atoms with van der Waals surface area (Å²) in [5.41, 5.74) is 10.4. The fourth-order valence-corrected chi connectivity index (χ4v) is 4.59. The molecule has 0 aliphatic carbocycles. The number of benzene rings is 2. The largest absolute Gasteiger partial charge is 0.497 e. The van der Waals surface area contributed by atoms with Crippen molar-refractivity contribution in [2.45, 2.75) is 51.0 Å². The zero-order valence-corrected chi connectivity index (χ0v) is 19.0. The van der Waals surface area contributed by atoms with Gasteiger partial charge in [0, 0.05) is 31.8 Å². The maximum Gasteiger partial charge on any atom is 0.220 e. The number of hydrazone groups is 1. The van der Waals surface area contributed by atoms with E-state index in [0.717, 1.165) is 23.6 Å². The number of amidine groups is 1. The van der Waals surface area contributed by atoms with Gasteiger partial charge in [0.15, 0.2) is 0 Å². The van der Waals surface area contributed by atoms with Crippen molar-refractivity contribution in [3.63, 3.8) is 0 Å². The van der Waals surface area contributed by atoms with Crippen molar-refractivity contribution >= 4 is 11.7 Å². The second-order valence-corrected chi connectivity index (χ2v) is 8.73. The van der Waals surface area contributed by atoms with Gasteiger partial charge >= 0.3 is 0 Å². The molecule has 0 radical (unpaired) electrons. The molecule has 5 rings (SSSR count). The summed E-state index contributed by atoms with van der Waals surface area (Å²) in [6.45, 7) is 2.60. The molecule has 8 nitrogen and oxygen atoms in total. The molecule has 3 atom stereocenters. The summed E-state index contributed by atoms with van der Waals surface area (Å²) >= 11 is 0. The molecule has 33 heavy (non-hydrogen) atoms. The summed E-state index contributed by atoms with van der Waals surface area (Å²) in [4.78, 5) is 14.5. The highest BCUT2D eigenvalue weighted by Crippen LogP contribution is 2.34. The highest BCUT2D eigenvalue weighted by atomic mass is 16.5. The van der Waals surface area contributed by atoms with Gasteiger partial charge in [0.1, 0.15) is 17.8 Å². The molecule has 2 aromatic carbocycles. The van der Waals surface area contributed by atoms with Crippen LogP contribution in [0.3, 0.4) is 0 Å². The molecular formula is C25H30N6O2. The molecule has 0 bridgehead atoms. The Balaban J connectivity index is 1.13. The molecule has 172 valence electrons. The first-order valence-corrected chi connectivity index (χ1v) is 11.4. The molecule has 0 saturated carbocycles. The van der Waals surface area contributed by atoms with Crippen molar-refractivity contribution in [1.29, 1.82) is 0 Å². The zero-order valence-electron chi connectivity index (χ0n) is 19.0. The fraction of sp³-hybridized carbons (Fsp3) is 0.360. The summed E-state index contributed by atoms with van der Waals surface area (Å²) in [7, 11) is 1.68. The molecule has 8 heteroatoms. The molecule has 1 saturated heterocycles. The normalized spacial score (nSPS) is 23.0. The van der Waals surface area contributed by atoms with Gasteiger partial charge in [-0.25, -0.2) is 5.43 Å². The van der Waals surface area contributed by atoms with Crippen LogP contribution in [-0.4, -0.2) is 41.0 Å². The second-order valence-electron chi connectivity index (χ2n) is 8.73. The first-order chi connectivity index (χ1) is 16.1. The van der Waals surface area contributed by atoms with Gasteiger partial charge in [-0.2, -0.15) is 5.10 Å². The monoisotopic (exact) mass is 446 g/mol. The van der Waals surface area contributed by atoms with Crippen LogP contribution in [0, 0.1) is 6.92 Å². The van der Waals surface area contributed by atoms with Crippen LogP contribution in [-0.2, 0) is 11.3 Å². The van der Waals surface area contributed by atoms with Crippen LogP contribution in [0.5, 0.6) is 5.75 Å². The number of carbonyl (C=O) groups excluding carboxylic acids is 1. The summed E-state index contributed by atoms with van der Waals surface area (Å²) in [5, 5.41) is 9.72. The number of aryl methyl sites for hydroxylation is 1. The molecule has 1 fully saturated rings. The Morgan fingerprint density at radius 1 is 1.15 bits per heavy atom. The smallest absolute Gasteiger partial charge is 0.220 e. The Morgan fingerprint density at radius 2 is 1.94 bits per heavy atom. The maximum atomic E-state index is 12.4. The van der Waals surface area contributed by atoms with Crippen LogP contribution in [0.2, 0.25) is 0 Å². The third-order valence-electron chi connectivity index (χ3n) is 6.52. The summed E-state index contributed by atoms with van der Waals surface area (Å²) in [5.74, 6) is 1.79. The van der Waals surface area contributed by atoms with E-state index < -0.39 is 0 Å². The topological polar surface area (TPSA) is 81.2 Å². The highest BCUT2D eigenvalue weighted by molar-refractivity contribution is 5.89. The lowest BCUT2D eigenvalue weighted by Crippen LogP contribution is -2.54. The number of methoxy groups -OCH3 is 1. The van der Waals surface area contributed by atoms with E-state index in [-0.39, 0.29) is 24.2 Å². The number of carbonyl (C=O) groups is 1. The molecular weight excluding hydrogens is 416 g/mol. The minimum absolute atomic E-state index is 0.0337. The van der Waals surface area contributed by atoms with E-state index in [1.807, 2.05) is 30.5 Å². The average molecular weight is 447 g/mol. The van der Waals surface area contributed by atoms with Gasteiger partial charge in [-0.3, -0.25) is 10.2 Å².